The van der Waals surface area contributed by atoms with Gasteiger partial charge in [-0.1, -0.05) is 42.8 Å². The molecule has 0 aliphatic heterocycles. The molecule has 1 aliphatic rings. The normalized spacial score (nSPS) is 14.3. The monoisotopic (exact) mass is 416 g/mol. The van der Waals surface area contributed by atoms with Crippen molar-refractivity contribution in [1.29, 1.82) is 0 Å². The molecule has 1 heterocycles. The van der Waals surface area contributed by atoms with Gasteiger partial charge in [-0.3, -0.25) is 0 Å². The SMILES string of the molecule is COc1nc(-c2cccc(C3(C)CC3)c2)nc(-c2cc(CN)ccc2Cl)n1.Cl. The van der Waals surface area contributed by atoms with Crippen LogP contribution in [0.15, 0.2) is 42.5 Å². The number of nitrogens with zero attached hydrogens (tertiary/aromatic N) is 3. The van der Waals surface area contributed by atoms with Crippen molar-refractivity contribution in [2.45, 2.75) is 31.7 Å². The lowest BCUT2D eigenvalue weighted by Gasteiger charge is -2.12. The zero-order valence-electron chi connectivity index (χ0n) is 15.8. The minimum absolute atomic E-state index is 0. The first-order valence-electron chi connectivity index (χ1n) is 8.92. The highest BCUT2D eigenvalue weighted by Gasteiger charge is 2.39. The minimum atomic E-state index is 0. The topological polar surface area (TPSA) is 73.9 Å². The number of hydrogen-bond acceptors (Lipinski definition) is 5. The summed E-state index contributed by atoms with van der Waals surface area (Å²) < 4.78 is 5.31. The van der Waals surface area contributed by atoms with Crippen LogP contribution in [-0.4, -0.2) is 22.1 Å². The van der Waals surface area contributed by atoms with Crippen molar-refractivity contribution in [3.63, 3.8) is 0 Å². The molecule has 0 saturated heterocycles. The Bertz CT molecular complexity index is 1010. The molecule has 0 radical (unpaired) electrons. The zero-order valence-corrected chi connectivity index (χ0v) is 17.3. The summed E-state index contributed by atoms with van der Waals surface area (Å²) in [4.78, 5) is 13.5. The van der Waals surface area contributed by atoms with E-state index in [1.165, 1.54) is 18.4 Å². The van der Waals surface area contributed by atoms with Gasteiger partial charge in [-0.2, -0.15) is 9.97 Å². The lowest BCUT2D eigenvalue weighted by Crippen LogP contribution is -2.03. The Morgan fingerprint density at radius 2 is 1.82 bits per heavy atom. The number of methoxy groups -OCH3 is 1. The van der Waals surface area contributed by atoms with E-state index in [9.17, 15) is 0 Å². The summed E-state index contributed by atoms with van der Waals surface area (Å²) in [7, 11) is 1.54. The van der Waals surface area contributed by atoms with Crippen molar-refractivity contribution < 1.29 is 4.74 Å². The number of aromatic nitrogens is 3. The van der Waals surface area contributed by atoms with Gasteiger partial charge in [0.2, 0.25) is 0 Å². The van der Waals surface area contributed by atoms with Crippen LogP contribution < -0.4 is 10.5 Å². The van der Waals surface area contributed by atoms with Crippen LogP contribution in [0.1, 0.15) is 30.9 Å². The molecule has 0 spiro atoms. The van der Waals surface area contributed by atoms with E-state index in [0.717, 1.165) is 11.1 Å². The summed E-state index contributed by atoms with van der Waals surface area (Å²) in [5.41, 5.74) is 9.96. The number of benzene rings is 2. The smallest absolute Gasteiger partial charge is 0.320 e. The zero-order chi connectivity index (χ0) is 19.0. The third kappa shape index (κ3) is 3.97. The largest absolute Gasteiger partial charge is 0.467 e. The highest BCUT2D eigenvalue weighted by atomic mass is 35.5. The molecule has 2 aromatic carbocycles. The maximum atomic E-state index is 6.39. The maximum absolute atomic E-state index is 6.39. The first kappa shape index (κ1) is 20.5. The van der Waals surface area contributed by atoms with E-state index < -0.39 is 0 Å². The molecule has 3 aromatic rings. The fourth-order valence-electron chi connectivity index (χ4n) is 3.08. The van der Waals surface area contributed by atoms with E-state index in [0.29, 0.717) is 28.8 Å². The molecule has 5 nitrogen and oxygen atoms in total. The summed E-state index contributed by atoms with van der Waals surface area (Å²) in [6, 6.07) is 14.2. The minimum Gasteiger partial charge on any atom is -0.467 e. The standard InChI is InChI=1S/C21H21ClN4O.ClH/c1-21(8-9-21)15-5-3-4-14(11-15)18-24-19(26-20(25-18)27-2)16-10-13(12-23)6-7-17(16)22;/h3-7,10-11H,8-9,12,23H2,1-2H3;1H. The van der Waals surface area contributed by atoms with Crippen LogP contribution in [0.25, 0.3) is 22.8 Å². The fraction of sp³-hybridized carbons (Fsp3) is 0.286. The van der Waals surface area contributed by atoms with Gasteiger partial charge in [0.1, 0.15) is 0 Å². The van der Waals surface area contributed by atoms with E-state index in [2.05, 4.69) is 34.0 Å². The van der Waals surface area contributed by atoms with Crippen molar-refractivity contribution in [2.75, 3.05) is 7.11 Å². The second-order valence-electron chi connectivity index (χ2n) is 7.13. The molecule has 1 aromatic heterocycles. The van der Waals surface area contributed by atoms with Crippen molar-refractivity contribution in [3.05, 3.63) is 58.6 Å². The van der Waals surface area contributed by atoms with Crippen molar-refractivity contribution in [3.8, 4) is 28.8 Å². The second kappa shape index (κ2) is 8.03. The van der Waals surface area contributed by atoms with Crippen LogP contribution in [0, 0.1) is 0 Å². The maximum Gasteiger partial charge on any atom is 0.320 e. The summed E-state index contributed by atoms with van der Waals surface area (Å²) in [6.45, 7) is 2.70. The summed E-state index contributed by atoms with van der Waals surface area (Å²) in [6.07, 6.45) is 2.42. The van der Waals surface area contributed by atoms with Gasteiger partial charge in [-0.15, -0.1) is 12.4 Å². The molecular weight excluding hydrogens is 395 g/mol. The molecule has 2 N–H and O–H groups in total. The molecule has 1 fully saturated rings. The van der Waals surface area contributed by atoms with Crippen molar-refractivity contribution in [1.82, 2.24) is 15.0 Å². The van der Waals surface area contributed by atoms with Gasteiger partial charge < -0.3 is 10.5 Å². The molecule has 146 valence electrons. The average Bonchev–Trinajstić information content (AvgIpc) is 3.47. The van der Waals surface area contributed by atoms with Crippen LogP contribution in [0.4, 0.5) is 0 Å². The first-order valence-corrected chi connectivity index (χ1v) is 9.30. The molecule has 28 heavy (non-hydrogen) atoms. The van der Waals surface area contributed by atoms with Crippen LogP contribution >= 0.6 is 24.0 Å². The van der Waals surface area contributed by atoms with Gasteiger partial charge in [-0.25, -0.2) is 4.98 Å². The Morgan fingerprint density at radius 3 is 2.50 bits per heavy atom. The van der Waals surface area contributed by atoms with E-state index in [1.807, 2.05) is 30.3 Å². The van der Waals surface area contributed by atoms with E-state index in [-0.39, 0.29) is 23.8 Å². The Kier molecular flexibility index (Phi) is 5.89. The van der Waals surface area contributed by atoms with Crippen molar-refractivity contribution >= 4 is 24.0 Å². The number of hydrogen-bond donors (Lipinski definition) is 1. The van der Waals surface area contributed by atoms with Crippen LogP contribution in [0.3, 0.4) is 0 Å². The highest BCUT2D eigenvalue weighted by molar-refractivity contribution is 6.33. The molecule has 7 heteroatoms. The lowest BCUT2D eigenvalue weighted by atomic mass is 9.96. The van der Waals surface area contributed by atoms with Gasteiger partial charge >= 0.3 is 6.01 Å². The lowest BCUT2D eigenvalue weighted by molar-refractivity contribution is 0.379. The van der Waals surface area contributed by atoms with E-state index >= 15 is 0 Å². The van der Waals surface area contributed by atoms with E-state index in [4.69, 9.17) is 22.1 Å². The first-order chi connectivity index (χ1) is 13.0. The fourth-order valence-corrected chi connectivity index (χ4v) is 3.28. The average molecular weight is 417 g/mol. The Labute approximate surface area is 175 Å². The summed E-state index contributed by atoms with van der Waals surface area (Å²) in [5.74, 6) is 1.04. The molecular formula is C21H22Cl2N4O. The van der Waals surface area contributed by atoms with E-state index in [1.54, 1.807) is 7.11 Å². The molecule has 0 amide bonds. The van der Waals surface area contributed by atoms with Gasteiger partial charge in [0.05, 0.1) is 12.1 Å². The Balaban J connectivity index is 0.00000225. The number of halogens is 2. The van der Waals surface area contributed by atoms with Gasteiger partial charge in [0, 0.05) is 17.7 Å². The highest BCUT2D eigenvalue weighted by Crippen LogP contribution is 2.48. The second-order valence-corrected chi connectivity index (χ2v) is 7.54. The summed E-state index contributed by atoms with van der Waals surface area (Å²) in [5, 5.41) is 0.561. The van der Waals surface area contributed by atoms with Gasteiger partial charge in [0.15, 0.2) is 11.6 Å². The number of ether oxygens (including phenoxy) is 1. The number of rotatable bonds is 5. The van der Waals surface area contributed by atoms with Crippen LogP contribution in [0.5, 0.6) is 6.01 Å². The third-order valence-electron chi connectivity index (χ3n) is 5.12. The third-order valence-corrected chi connectivity index (χ3v) is 5.45. The van der Waals surface area contributed by atoms with Gasteiger partial charge in [0.25, 0.3) is 0 Å². The predicted molar refractivity (Wildman–Crippen MR) is 114 cm³/mol. The Morgan fingerprint density at radius 1 is 1.07 bits per heavy atom. The molecule has 1 aliphatic carbocycles. The van der Waals surface area contributed by atoms with Crippen LogP contribution in [-0.2, 0) is 12.0 Å². The molecule has 0 bridgehead atoms. The van der Waals surface area contributed by atoms with Gasteiger partial charge in [-0.05, 0) is 47.6 Å². The molecule has 4 rings (SSSR count). The molecule has 0 atom stereocenters. The van der Waals surface area contributed by atoms with Crippen LogP contribution in [0.2, 0.25) is 5.02 Å². The predicted octanol–water partition coefficient (Wildman–Crippen LogP) is 4.80. The molecule has 1 saturated carbocycles. The van der Waals surface area contributed by atoms with Crippen molar-refractivity contribution in [2.24, 2.45) is 5.73 Å². The molecule has 0 unspecified atom stereocenters. The quantitative estimate of drug-likeness (QED) is 0.646. The Hall–Kier alpha value is -2.21. The summed E-state index contributed by atoms with van der Waals surface area (Å²) >= 11 is 6.39. The number of nitrogens with two attached hydrogens (primary N) is 1.